The molecule has 1 fully saturated rings. The lowest BCUT2D eigenvalue weighted by Gasteiger charge is -2.38. The van der Waals surface area contributed by atoms with Crippen LogP contribution in [0, 0.1) is 6.92 Å². The fraction of sp³-hybridized carbons (Fsp3) is 0.444. The number of aryl methyl sites for hydroxylation is 2. The number of carbonyl (C=O) groups excluding carboxylic acids is 1. The number of aliphatic hydroxyl groups is 1. The van der Waals surface area contributed by atoms with Gasteiger partial charge in [0, 0.05) is 69.3 Å². The van der Waals surface area contributed by atoms with Gasteiger partial charge in [0.15, 0.2) is 5.82 Å². The maximum atomic E-state index is 13.4. The number of amides is 1. The summed E-state index contributed by atoms with van der Waals surface area (Å²) in [5.41, 5.74) is 3.92. The molecule has 13 heteroatoms. The van der Waals surface area contributed by atoms with E-state index in [0.29, 0.717) is 36.3 Å². The second-order valence-electron chi connectivity index (χ2n) is 9.87. The Labute approximate surface area is 232 Å². The van der Waals surface area contributed by atoms with Crippen LogP contribution in [-0.4, -0.2) is 103 Å². The van der Waals surface area contributed by atoms with Crippen molar-refractivity contribution in [1.82, 2.24) is 39.5 Å². The average Bonchev–Trinajstić information content (AvgIpc) is 3.54. The Hall–Kier alpha value is -4.07. The molecule has 13 nitrogen and oxygen atoms in total. The van der Waals surface area contributed by atoms with Gasteiger partial charge < -0.3 is 25.5 Å². The quantitative estimate of drug-likeness (QED) is 0.232. The standard InChI is InChI=1S/C27H36N10O3/c1-5-21(37-10-8-36(9-11-37)12-13-38)25(39)33-24-23-18(6-7-28-24)19(15-29-23)22-17(2)14-30-27(32-22)31-20-16-35(3)34-26(20)40-4/h6-7,14-16,21,29,38H,5,8-13H2,1-4H3,(H,28,33,39)(H,30,31,32). The van der Waals surface area contributed by atoms with Crippen LogP contribution in [0.25, 0.3) is 22.2 Å². The van der Waals surface area contributed by atoms with Crippen LogP contribution < -0.4 is 15.4 Å². The molecule has 5 heterocycles. The van der Waals surface area contributed by atoms with Crippen LogP contribution in [-0.2, 0) is 11.8 Å². The maximum absolute atomic E-state index is 13.4. The summed E-state index contributed by atoms with van der Waals surface area (Å²) in [5, 5.41) is 20.6. The van der Waals surface area contributed by atoms with Crippen LogP contribution in [0.2, 0.25) is 0 Å². The molecule has 212 valence electrons. The third-order valence-corrected chi connectivity index (χ3v) is 7.26. The van der Waals surface area contributed by atoms with E-state index in [1.54, 1.807) is 30.4 Å². The number of aromatic nitrogens is 6. The molecule has 0 saturated carbocycles. The zero-order chi connectivity index (χ0) is 28.2. The number of nitrogens with one attached hydrogen (secondary N) is 3. The molecule has 0 spiro atoms. The van der Waals surface area contributed by atoms with Crippen LogP contribution in [0.1, 0.15) is 18.9 Å². The highest BCUT2D eigenvalue weighted by atomic mass is 16.5. The molecule has 4 aromatic heterocycles. The van der Waals surface area contributed by atoms with Crippen molar-refractivity contribution in [1.29, 1.82) is 0 Å². The number of aliphatic hydroxyl groups excluding tert-OH is 1. The molecule has 1 aliphatic heterocycles. The van der Waals surface area contributed by atoms with Crippen molar-refractivity contribution in [3.63, 3.8) is 0 Å². The fourth-order valence-corrected chi connectivity index (χ4v) is 5.19. The number of piperazine rings is 1. The summed E-state index contributed by atoms with van der Waals surface area (Å²) in [4.78, 5) is 34.8. The summed E-state index contributed by atoms with van der Waals surface area (Å²) in [6.45, 7) is 8.03. The predicted octanol–water partition coefficient (Wildman–Crippen LogP) is 2.14. The lowest BCUT2D eigenvalue weighted by atomic mass is 10.1. The van der Waals surface area contributed by atoms with Crippen LogP contribution in [0.3, 0.4) is 0 Å². The maximum Gasteiger partial charge on any atom is 0.256 e. The van der Waals surface area contributed by atoms with Crippen molar-refractivity contribution in [2.75, 3.05) is 57.1 Å². The van der Waals surface area contributed by atoms with Gasteiger partial charge in [0.25, 0.3) is 5.88 Å². The summed E-state index contributed by atoms with van der Waals surface area (Å²) in [7, 11) is 3.38. The molecule has 1 saturated heterocycles. The van der Waals surface area contributed by atoms with Gasteiger partial charge in [-0.05, 0) is 25.0 Å². The van der Waals surface area contributed by atoms with E-state index in [9.17, 15) is 9.90 Å². The third-order valence-electron chi connectivity index (χ3n) is 7.26. The zero-order valence-corrected chi connectivity index (χ0v) is 23.3. The molecular formula is C27H36N10O3. The minimum atomic E-state index is -0.259. The number of nitrogens with zero attached hydrogens (tertiary/aromatic N) is 7. The van der Waals surface area contributed by atoms with Gasteiger partial charge in [0.2, 0.25) is 11.9 Å². The second kappa shape index (κ2) is 12.0. The Morgan fingerprint density at radius 2 is 2.05 bits per heavy atom. The fourth-order valence-electron chi connectivity index (χ4n) is 5.19. The van der Waals surface area contributed by atoms with Gasteiger partial charge in [-0.1, -0.05) is 6.92 Å². The van der Waals surface area contributed by atoms with Crippen LogP contribution in [0.5, 0.6) is 5.88 Å². The Morgan fingerprint density at radius 1 is 1.25 bits per heavy atom. The monoisotopic (exact) mass is 548 g/mol. The first kappa shape index (κ1) is 27.5. The second-order valence-corrected chi connectivity index (χ2v) is 9.87. The van der Waals surface area contributed by atoms with Crippen molar-refractivity contribution < 1.29 is 14.6 Å². The van der Waals surface area contributed by atoms with E-state index in [1.807, 2.05) is 33.2 Å². The number of rotatable bonds is 10. The van der Waals surface area contributed by atoms with E-state index >= 15 is 0 Å². The Bertz CT molecular complexity index is 1470. The van der Waals surface area contributed by atoms with Gasteiger partial charge in [-0.2, -0.15) is 0 Å². The van der Waals surface area contributed by atoms with Gasteiger partial charge in [-0.15, -0.1) is 5.10 Å². The van der Waals surface area contributed by atoms with Crippen LogP contribution >= 0.6 is 0 Å². The normalized spacial score (nSPS) is 15.3. The molecule has 1 atom stereocenters. The average molecular weight is 549 g/mol. The smallest absolute Gasteiger partial charge is 0.256 e. The minimum Gasteiger partial charge on any atom is -0.478 e. The van der Waals surface area contributed by atoms with Gasteiger partial charge in [-0.3, -0.25) is 19.3 Å². The number of H-pyrrole nitrogens is 1. The topological polar surface area (TPSA) is 149 Å². The molecule has 0 aliphatic carbocycles. The highest BCUT2D eigenvalue weighted by Crippen LogP contribution is 2.33. The predicted molar refractivity (Wildman–Crippen MR) is 153 cm³/mol. The molecule has 4 aromatic rings. The first-order valence-corrected chi connectivity index (χ1v) is 13.4. The largest absolute Gasteiger partial charge is 0.478 e. The molecule has 40 heavy (non-hydrogen) atoms. The third kappa shape index (κ3) is 5.62. The summed E-state index contributed by atoms with van der Waals surface area (Å²) >= 11 is 0. The van der Waals surface area contributed by atoms with Gasteiger partial charge >= 0.3 is 0 Å². The summed E-state index contributed by atoms with van der Waals surface area (Å²) in [6, 6.07) is 1.65. The number of methoxy groups -OCH3 is 1. The van der Waals surface area contributed by atoms with Gasteiger partial charge in [0.05, 0.1) is 37.2 Å². The number of hydrogen-bond donors (Lipinski definition) is 4. The lowest BCUT2D eigenvalue weighted by Crippen LogP contribution is -2.54. The van der Waals surface area contributed by atoms with Crippen molar-refractivity contribution in [3.8, 4) is 17.1 Å². The Balaban J connectivity index is 1.37. The highest BCUT2D eigenvalue weighted by molar-refractivity contribution is 6.05. The summed E-state index contributed by atoms with van der Waals surface area (Å²) in [6.07, 6.45) is 7.83. The number of anilines is 3. The Morgan fingerprint density at radius 3 is 2.77 bits per heavy atom. The van der Waals surface area contributed by atoms with E-state index in [2.05, 4.69) is 40.5 Å². The summed E-state index contributed by atoms with van der Waals surface area (Å²) < 4.78 is 6.99. The van der Waals surface area contributed by atoms with Crippen molar-refractivity contribution in [2.24, 2.45) is 7.05 Å². The first-order chi connectivity index (χ1) is 19.4. The number of aromatic amines is 1. The molecule has 0 aromatic carbocycles. The SMILES string of the molecule is CCC(C(=O)Nc1nccc2c(-c3nc(Nc4cn(C)nc4OC)ncc3C)c[nH]c12)N1CCN(CCO)CC1. The minimum absolute atomic E-state index is 0.0793. The van der Waals surface area contributed by atoms with Crippen LogP contribution in [0.15, 0.2) is 30.9 Å². The molecular weight excluding hydrogens is 512 g/mol. The number of ether oxygens (including phenoxy) is 1. The number of fused-ring (bicyclic) bond motifs is 1. The molecule has 4 N–H and O–H groups in total. The van der Waals surface area contributed by atoms with E-state index in [1.165, 1.54) is 0 Å². The molecule has 1 unspecified atom stereocenters. The van der Waals surface area contributed by atoms with Crippen molar-refractivity contribution >= 4 is 34.3 Å². The molecule has 0 radical (unpaired) electrons. The molecule has 1 aliphatic rings. The Kier molecular flexibility index (Phi) is 8.24. The lowest BCUT2D eigenvalue weighted by molar-refractivity contribution is -0.122. The first-order valence-electron chi connectivity index (χ1n) is 13.4. The number of pyridine rings is 1. The van der Waals surface area contributed by atoms with E-state index in [-0.39, 0.29) is 18.6 Å². The summed E-state index contributed by atoms with van der Waals surface area (Å²) in [5.74, 6) is 1.26. The zero-order valence-electron chi connectivity index (χ0n) is 23.3. The number of carbonyl (C=O) groups is 1. The van der Waals surface area contributed by atoms with Crippen LogP contribution in [0.4, 0.5) is 17.5 Å². The van der Waals surface area contributed by atoms with Crippen molar-refractivity contribution in [2.45, 2.75) is 26.3 Å². The number of β-amino-alcohol motifs (C(OH)–C–C–N with tert-alkyl or cyclic N) is 1. The van der Waals surface area contributed by atoms with Gasteiger partial charge in [0.1, 0.15) is 5.69 Å². The van der Waals surface area contributed by atoms with E-state index < -0.39 is 0 Å². The molecule has 0 bridgehead atoms. The highest BCUT2D eigenvalue weighted by Gasteiger charge is 2.28. The van der Waals surface area contributed by atoms with Gasteiger partial charge in [-0.25, -0.2) is 15.0 Å². The van der Waals surface area contributed by atoms with E-state index in [0.717, 1.165) is 53.9 Å². The molecule has 5 rings (SSSR count). The number of hydrogen-bond acceptors (Lipinski definition) is 10. The van der Waals surface area contributed by atoms with Crippen molar-refractivity contribution in [3.05, 3.63) is 36.4 Å². The molecule has 1 amide bonds. The van der Waals surface area contributed by atoms with E-state index in [4.69, 9.17) is 9.72 Å².